The second kappa shape index (κ2) is 11.8. The van der Waals surface area contributed by atoms with Gasteiger partial charge < -0.3 is 4.74 Å². The first-order valence-electron chi connectivity index (χ1n) is 10.9. The van der Waals surface area contributed by atoms with Crippen molar-refractivity contribution in [2.24, 2.45) is 5.10 Å². The number of thioether (sulfide) groups is 1. The van der Waals surface area contributed by atoms with Crippen molar-refractivity contribution >= 4 is 40.3 Å². The standard InChI is InChI=1S/C27H23N3O4S/c31-27(19-35-18-21-8-12-24(13-9-21)30(32)33)29-28-16-20-10-14-25(15-11-20)34-17-23-6-3-5-22-4-1-2-7-26(22)23/h1-16H,17-19H2,(H,29,31)/b28-16-. The van der Waals surface area contributed by atoms with Crippen LogP contribution in [0.5, 0.6) is 5.75 Å². The summed E-state index contributed by atoms with van der Waals surface area (Å²) in [5, 5.41) is 17.1. The summed E-state index contributed by atoms with van der Waals surface area (Å²) in [7, 11) is 0. The highest BCUT2D eigenvalue weighted by Crippen LogP contribution is 2.21. The number of carbonyl (C=O) groups excluding carboxylic acids is 1. The van der Waals surface area contributed by atoms with Gasteiger partial charge in [0.1, 0.15) is 12.4 Å². The molecule has 176 valence electrons. The van der Waals surface area contributed by atoms with E-state index in [-0.39, 0.29) is 17.3 Å². The van der Waals surface area contributed by atoms with E-state index in [9.17, 15) is 14.9 Å². The monoisotopic (exact) mass is 485 g/mol. The Bertz CT molecular complexity index is 1330. The molecule has 8 heteroatoms. The fourth-order valence-corrected chi connectivity index (χ4v) is 4.20. The number of hydrogen-bond acceptors (Lipinski definition) is 6. The molecule has 4 aromatic carbocycles. The van der Waals surface area contributed by atoms with E-state index < -0.39 is 4.92 Å². The van der Waals surface area contributed by atoms with Gasteiger partial charge in [0.05, 0.1) is 16.9 Å². The summed E-state index contributed by atoms with van der Waals surface area (Å²) >= 11 is 1.41. The highest BCUT2D eigenvalue weighted by molar-refractivity contribution is 7.99. The van der Waals surface area contributed by atoms with Crippen LogP contribution in [-0.4, -0.2) is 22.8 Å². The number of nitrogens with one attached hydrogen (secondary N) is 1. The van der Waals surface area contributed by atoms with Gasteiger partial charge in [-0.1, -0.05) is 54.6 Å². The summed E-state index contributed by atoms with van der Waals surface area (Å²) in [6.45, 7) is 0.475. The van der Waals surface area contributed by atoms with Gasteiger partial charge in [-0.25, -0.2) is 5.43 Å². The number of amides is 1. The Kier molecular flexibility index (Phi) is 8.08. The topological polar surface area (TPSA) is 93.8 Å². The summed E-state index contributed by atoms with van der Waals surface area (Å²) in [6.07, 6.45) is 1.58. The number of non-ortho nitro benzene ring substituents is 1. The minimum absolute atomic E-state index is 0.0511. The van der Waals surface area contributed by atoms with Gasteiger partial charge in [-0.05, 0) is 51.7 Å². The average Bonchev–Trinajstić information content (AvgIpc) is 2.88. The molecule has 0 aliphatic rings. The van der Waals surface area contributed by atoms with Crippen LogP contribution >= 0.6 is 11.8 Å². The van der Waals surface area contributed by atoms with E-state index in [0.29, 0.717) is 12.4 Å². The predicted octanol–water partition coefficient (Wildman–Crippen LogP) is 5.71. The molecular formula is C27H23N3O4S. The summed E-state index contributed by atoms with van der Waals surface area (Å²) in [5.41, 5.74) is 5.44. The molecule has 0 saturated heterocycles. The number of carbonyl (C=O) groups is 1. The maximum absolute atomic E-state index is 12.0. The van der Waals surface area contributed by atoms with Crippen molar-refractivity contribution < 1.29 is 14.5 Å². The molecule has 35 heavy (non-hydrogen) atoms. The van der Waals surface area contributed by atoms with Gasteiger partial charge in [-0.3, -0.25) is 14.9 Å². The van der Waals surface area contributed by atoms with Gasteiger partial charge in [-0.15, -0.1) is 11.8 Å². The molecule has 0 bridgehead atoms. The first-order chi connectivity index (χ1) is 17.1. The molecule has 0 saturated carbocycles. The highest BCUT2D eigenvalue weighted by Gasteiger charge is 2.05. The summed E-state index contributed by atoms with van der Waals surface area (Å²) in [6, 6.07) is 28.2. The lowest BCUT2D eigenvalue weighted by molar-refractivity contribution is -0.384. The Hall–Kier alpha value is -4.17. The van der Waals surface area contributed by atoms with Crippen LogP contribution in [-0.2, 0) is 17.2 Å². The van der Waals surface area contributed by atoms with Crippen molar-refractivity contribution in [3.8, 4) is 5.75 Å². The van der Waals surface area contributed by atoms with Gasteiger partial charge in [0.25, 0.3) is 5.69 Å². The van der Waals surface area contributed by atoms with Crippen molar-refractivity contribution in [3.05, 3.63) is 118 Å². The molecule has 0 atom stereocenters. The fourth-order valence-electron chi connectivity index (χ4n) is 3.42. The minimum atomic E-state index is -0.435. The van der Waals surface area contributed by atoms with Crippen LogP contribution in [0, 0.1) is 10.1 Å². The van der Waals surface area contributed by atoms with Gasteiger partial charge in [-0.2, -0.15) is 5.10 Å². The zero-order valence-corrected chi connectivity index (χ0v) is 19.6. The third-order valence-corrected chi connectivity index (χ3v) is 6.21. The van der Waals surface area contributed by atoms with E-state index in [4.69, 9.17) is 4.74 Å². The molecule has 0 unspecified atom stereocenters. The van der Waals surface area contributed by atoms with Crippen LogP contribution in [0.1, 0.15) is 16.7 Å². The number of nitro groups is 1. The number of fused-ring (bicyclic) bond motifs is 1. The highest BCUT2D eigenvalue weighted by atomic mass is 32.2. The molecule has 0 fully saturated rings. The van der Waals surface area contributed by atoms with Crippen LogP contribution < -0.4 is 10.2 Å². The molecule has 4 rings (SSSR count). The van der Waals surface area contributed by atoms with Gasteiger partial charge in [0.15, 0.2) is 0 Å². The van der Waals surface area contributed by atoms with E-state index >= 15 is 0 Å². The molecule has 0 heterocycles. The second-order valence-corrected chi connectivity index (χ2v) is 8.69. The molecule has 0 spiro atoms. The van der Waals surface area contributed by atoms with Crippen LogP contribution in [0.4, 0.5) is 5.69 Å². The van der Waals surface area contributed by atoms with E-state index in [1.165, 1.54) is 34.7 Å². The van der Waals surface area contributed by atoms with Crippen molar-refractivity contribution in [3.63, 3.8) is 0 Å². The number of nitrogens with zero attached hydrogens (tertiary/aromatic N) is 2. The van der Waals surface area contributed by atoms with Gasteiger partial charge >= 0.3 is 0 Å². The molecular weight excluding hydrogens is 462 g/mol. The lowest BCUT2D eigenvalue weighted by Crippen LogP contribution is -2.19. The Morgan fingerprint density at radius 2 is 1.71 bits per heavy atom. The number of nitro benzene ring substituents is 1. The molecule has 1 N–H and O–H groups in total. The molecule has 0 aliphatic heterocycles. The molecule has 0 radical (unpaired) electrons. The van der Waals surface area contributed by atoms with Gasteiger partial charge in [0.2, 0.25) is 5.91 Å². The minimum Gasteiger partial charge on any atom is -0.489 e. The predicted molar refractivity (Wildman–Crippen MR) is 140 cm³/mol. The zero-order chi connectivity index (χ0) is 24.5. The summed E-state index contributed by atoms with van der Waals surface area (Å²) in [5.74, 6) is 1.34. The Balaban J connectivity index is 1.20. The molecule has 4 aromatic rings. The maximum atomic E-state index is 12.0. The van der Waals surface area contributed by atoms with Crippen LogP contribution in [0.2, 0.25) is 0 Å². The lowest BCUT2D eigenvalue weighted by Gasteiger charge is -2.09. The number of hydrogen-bond donors (Lipinski definition) is 1. The van der Waals surface area contributed by atoms with E-state index in [1.807, 2.05) is 42.5 Å². The largest absolute Gasteiger partial charge is 0.489 e. The SMILES string of the molecule is O=C(CSCc1ccc([N+](=O)[O-])cc1)N/N=C\c1ccc(OCc2cccc3ccccc23)cc1. The molecule has 0 aromatic heterocycles. The average molecular weight is 486 g/mol. The van der Waals surface area contributed by atoms with Crippen LogP contribution in [0.3, 0.4) is 0 Å². The van der Waals surface area contributed by atoms with Crippen molar-refractivity contribution in [1.29, 1.82) is 0 Å². The van der Waals surface area contributed by atoms with Gasteiger partial charge in [0, 0.05) is 17.9 Å². The Morgan fingerprint density at radius 3 is 2.49 bits per heavy atom. The zero-order valence-electron chi connectivity index (χ0n) is 18.8. The summed E-state index contributed by atoms with van der Waals surface area (Å²) in [4.78, 5) is 22.2. The number of hydrazone groups is 1. The van der Waals surface area contributed by atoms with Crippen molar-refractivity contribution in [2.45, 2.75) is 12.4 Å². The van der Waals surface area contributed by atoms with E-state index in [0.717, 1.165) is 22.4 Å². The number of ether oxygens (including phenoxy) is 1. The lowest BCUT2D eigenvalue weighted by atomic mass is 10.1. The number of rotatable bonds is 10. The molecule has 7 nitrogen and oxygen atoms in total. The third-order valence-electron chi connectivity index (χ3n) is 5.21. The molecule has 0 aliphatic carbocycles. The normalized spacial score (nSPS) is 11.0. The van der Waals surface area contributed by atoms with Crippen LogP contribution in [0.25, 0.3) is 10.8 Å². The van der Waals surface area contributed by atoms with Crippen molar-refractivity contribution in [2.75, 3.05) is 5.75 Å². The quantitative estimate of drug-likeness (QED) is 0.176. The van der Waals surface area contributed by atoms with E-state index in [2.05, 4.69) is 34.8 Å². The number of benzene rings is 4. The first kappa shape index (κ1) is 24.0. The Morgan fingerprint density at radius 1 is 0.971 bits per heavy atom. The van der Waals surface area contributed by atoms with Crippen LogP contribution in [0.15, 0.2) is 96.1 Å². The third kappa shape index (κ3) is 6.91. The smallest absolute Gasteiger partial charge is 0.269 e. The maximum Gasteiger partial charge on any atom is 0.269 e. The van der Waals surface area contributed by atoms with Crippen molar-refractivity contribution in [1.82, 2.24) is 5.43 Å². The summed E-state index contributed by atoms with van der Waals surface area (Å²) < 4.78 is 5.95. The van der Waals surface area contributed by atoms with E-state index in [1.54, 1.807) is 18.3 Å². The molecule has 1 amide bonds. The first-order valence-corrected chi connectivity index (χ1v) is 12.1. The fraction of sp³-hybridized carbons (Fsp3) is 0.111. The second-order valence-electron chi connectivity index (χ2n) is 7.71. The Labute approximate surface area is 207 Å².